The molecule has 0 spiro atoms. The number of carbonyl (C=O) groups is 3. The van der Waals surface area contributed by atoms with E-state index >= 15 is 0 Å². The van der Waals surface area contributed by atoms with E-state index in [2.05, 4.69) is 60.9 Å². The SMILES string of the molecule is Cn1cc(Oc2ccc(OC(F)F)c(-c3nn(CC(N)=O)cc3NC(=O)c3cnn4cccnc34)c2)cn1.O=C(Nc1cn[nH]c1-c1cc(OC2=CCN=C2)ccc1OC(F)F)c1cnn2cccnc12. The van der Waals surface area contributed by atoms with E-state index in [9.17, 15) is 31.9 Å². The molecule has 1 aliphatic heterocycles. The van der Waals surface area contributed by atoms with E-state index in [0.29, 0.717) is 35.1 Å². The summed E-state index contributed by atoms with van der Waals surface area (Å²) in [6.07, 6.45) is 18.2. The fraction of sp³-hybridized carbons (Fsp3) is 0.114. The summed E-state index contributed by atoms with van der Waals surface area (Å²) in [5, 5.41) is 28.6. The summed E-state index contributed by atoms with van der Waals surface area (Å²) in [6.45, 7) is -6.03. The van der Waals surface area contributed by atoms with Gasteiger partial charge < -0.3 is 35.3 Å². The van der Waals surface area contributed by atoms with E-state index in [4.69, 9.17) is 19.9 Å². The van der Waals surface area contributed by atoms with Crippen molar-refractivity contribution in [2.45, 2.75) is 19.8 Å². The van der Waals surface area contributed by atoms with E-state index in [-0.39, 0.29) is 68.8 Å². The number of anilines is 2. The standard InChI is InChI=1S/C23H19F2N9O4.C21H15F2N7O3/c1-32-10-14(8-28-32)37-13-3-4-18(38-23(24)25)15(7-13)20-17(11-33(31-20)12-19(26)35)30-22(36)16-9-29-34-6-2-5-27-21(16)34;22-21(23)33-17-3-2-12(32-13-4-6-24-9-13)8-14(17)18-16(11-26-29-18)28-20(31)15-10-27-30-7-1-5-25-19(15)30/h2-11,23H,12H2,1H3,(H2,26,35)(H,30,36);1-5,7-11,21H,6H2,(H,26,29)(H,28,31). The predicted octanol–water partition coefficient (Wildman–Crippen LogP) is 5.78. The van der Waals surface area contributed by atoms with Crippen molar-refractivity contribution < 1.29 is 50.9 Å². The Labute approximate surface area is 395 Å². The Balaban J connectivity index is 0.000000177. The molecule has 27 heteroatoms. The van der Waals surface area contributed by atoms with Crippen molar-refractivity contribution in [2.75, 3.05) is 17.2 Å². The minimum absolute atomic E-state index is 0.0244. The lowest BCUT2D eigenvalue weighted by atomic mass is 10.1. The molecule has 7 aromatic heterocycles. The normalized spacial score (nSPS) is 12.0. The first-order valence-electron chi connectivity index (χ1n) is 20.7. The first-order valence-corrected chi connectivity index (χ1v) is 20.7. The molecular formula is C44H34F4N16O7. The van der Waals surface area contributed by atoms with Crippen molar-refractivity contribution >= 4 is 46.6 Å². The zero-order valence-electron chi connectivity index (χ0n) is 36.4. The third-order valence-corrected chi connectivity index (χ3v) is 9.89. The molecule has 0 fully saturated rings. The number of benzene rings is 2. The molecule has 0 aliphatic carbocycles. The highest BCUT2D eigenvalue weighted by atomic mass is 19.3. The minimum Gasteiger partial charge on any atom is -0.456 e. The molecule has 360 valence electrons. The number of halogens is 4. The second-order valence-electron chi connectivity index (χ2n) is 14.7. The molecule has 0 unspecified atom stereocenters. The van der Waals surface area contributed by atoms with Gasteiger partial charge >= 0.3 is 13.2 Å². The van der Waals surface area contributed by atoms with Gasteiger partial charge in [-0.2, -0.15) is 43.1 Å². The Kier molecular flexibility index (Phi) is 13.1. The van der Waals surface area contributed by atoms with E-state index < -0.39 is 30.9 Å². The van der Waals surface area contributed by atoms with Crippen LogP contribution in [-0.2, 0) is 18.4 Å². The number of nitrogens with two attached hydrogens (primary N) is 1. The Morgan fingerprint density at radius 1 is 0.761 bits per heavy atom. The number of primary amides is 1. The summed E-state index contributed by atoms with van der Waals surface area (Å²) in [7, 11) is 1.71. The van der Waals surface area contributed by atoms with Gasteiger partial charge in [-0.05, 0) is 54.6 Å². The first-order chi connectivity index (χ1) is 34.3. The maximum atomic E-state index is 13.3. The number of nitrogens with one attached hydrogen (secondary N) is 3. The number of aliphatic imine (C=N–C) groups is 1. The van der Waals surface area contributed by atoms with Crippen LogP contribution in [0.1, 0.15) is 20.7 Å². The number of aromatic nitrogens is 12. The minimum atomic E-state index is -3.14. The zero-order valence-corrected chi connectivity index (χ0v) is 36.4. The number of H-pyrrole nitrogens is 1. The Hall–Kier alpha value is -9.95. The van der Waals surface area contributed by atoms with Crippen LogP contribution in [0.15, 0.2) is 127 Å². The zero-order chi connectivity index (χ0) is 49.6. The van der Waals surface area contributed by atoms with Crippen LogP contribution >= 0.6 is 0 Å². The van der Waals surface area contributed by atoms with Gasteiger partial charge in [-0.15, -0.1) is 0 Å². The molecule has 0 atom stereocenters. The van der Waals surface area contributed by atoms with E-state index in [1.807, 2.05) is 0 Å². The Morgan fingerprint density at radius 2 is 1.38 bits per heavy atom. The molecule has 8 heterocycles. The van der Waals surface area contributed by atoms with Crippen LogP contribution < -0.4 is 35.3 Å². The molecule has 0 saturated carbocycles. The largest absolute Gasteiger partial charge is 0.456 e. The van der Waals surface area contributed by atoms with Gasteiger partial charge in [0.15, 0.2) is 17.0 Å². The second kappa shape index (κ2) is 20.1. The molecule has 23 nitrogen and oxygen atoms in total. The number of rotatable bonds is 16. The maximum Gasteiger partial charge on any atom is 0.387 e. The topological polar surface area (TPSA) is 275 Å². The third-order valence-electron chi connectivity index (χ3n) is 9.89. The number of ether oxygens (including phenoxy) is 4. The first kappa shape index (κ1) is 46.2. The fourth-order valence-electron chi connectivity index (χ4n) is 6.95. The molecule has 0 bridgehead atoms. The highest BCUT2D eigenvalue weighted by molar-refractivity contribution is 6.10. The van der Waals surface area contributed by atoms with Crippen molar-refractivity contribution in [2.24, 2.45) is 17.8 Å². The summed E-state index contributed by atoms with van der Waals surface area (Å²) in [5.74, 6) is -0.619. The number of allylic oxidation sites excluding steroid dienone is 1. The number of amides is 3. The number of aryl methyl sites for hydroxylation is 1. The van der Waals surface area contributed by atoms with E-state index in [1.54, 1.807) is 56.3 Å². The molecule has 9 aromatic rings. The van der Waals surface area contributed by atoms with Gasteiger partial charge in [-0.3, -0.25) is 33.8 Å². The number of fused-ring (bicyclic) bond motifs is 2. The molecule has 2 aromatic carbocycles. The lowest BCUT2D eigenvalue weighted by Crippen LogP contribution is -2.19. The van der Waals surface area contributed by atoms with Gasteiger partial charge in [-0.25, -0.2) is 19.0 Å². The van der Waals surface area contributed by atoms with Crippen LogP contribution in [0.4, 0.5) is 28.9 Å². The third kappa shape index (κ3) is 10.6. The Morgan fingerprint density at radius 3 is 1.97 bits per heavy atom. The average molecular weight is 975 g/mol. The summed E-state index contributed by atoms with van der Waals surface area (Å²) >= 11 is 0. The quantitative estimate of drug-likeness (QED) is 0.0837. The van der Waals surface area contributed by atoms with Crippen LogP contribution in [0.5, 0.6) is 28.7 Å². The van der Waals surface area contributed by atoms with Crippen LogP contribution in [-0.4, -0.2) is 103 Å². The van der Waals surface area contributed by atoms with Gasteiger partial charge in [0, 0.05) is 43.6 Å². The lowest BCUT2D eigenvalue weighted by Gasteiger charge is -2.13. The predicted molar refractivity (Wildman–Crippen MR) is 241 cm³/mol. The van der Waals surface area contributed by atoms with E-state index in [1.165, 1.54) is 92.0 Å². The summed E-state index contributed by atoms with van der Waals surface area (Å²) in [4.78, 5) is 50.0. The van der Waals surface area contributed by atoms with Crippen molar-refractivity contribution in [3.8, 4) is 51.3 Å². The average Bonchev–Trinajstić information content (AvgIpc) is 4.21. The number of nitrogens with zero attached hydrogens (tertiary/aromatic N) is 12. The summed E-state index contributed by atoms with van der Waals surface area (Å²) in [5.41, 5.74) is 7.24. The molecule has 0 radical (unpaired) electrons. The lowest BCUT2D eigenvalue weighted by molar-refractivity contribution is -0.118. The molecule has 5 N–H and O–H groups in total. The van der Waals surface area contributed by atoms with Crippen molar-refractivity contribution in [3.63, 3.8) is 0 Å². The second-order valence-corrected chi connectivity index (χ2v) is 14.7. The summed E-state index contributed by atoms with van der Waals surface area (Å²) < 4.78 is 79.0. The summed E-state index contributed by atoms with van der Waals surface area (Å²) in [6, 6.07) is 11.8. The molecule has 3 amide bonds. The van der Waals surface area contributed by atoms with Crippen LogP contribution in [0.3, 0.4) is 0 Å². The number of aromatic amines is 1. The van der Waals surface area contributed by atoms with Crippen LogP contribution in [0.25, 0.3) is 33.8 Å². The van der Waals surface area contributed by atoms with E-state index in [0.717, 1.165) is 0 Å². The molecule has 71 heavy (non-hydrogen) atoms. The fourth-order valence-corrected chi connectivity index (χ4v) is 6.95. The van der Waals surface area contributed by atoms with Crippen molar-refractivity contribution in [1.29, 1.82) is 0 Å². The van der Waals surface area contributed by atoms with Gasteiger partial charge in [0.05, 0.1) is 66.4 Å². The molecule has 1 aliphatic rings. The molecular weight excluding hydrogens is 941 g/mol. The van der Waals surface area contributed by atoms with Crippen LogP contribution in [0.2, 0.25) is 0 Å². The number of hydrogen-bond donors (Lipinski definition) is 4. The number of hydrogen-bond acceptors (Lipinski definition) is 15. The molecule has 0 saturated heterocycles. The van der Waals surface area contributed by atoms with Crippen molar-refractivity contribution in [1.82, 2.24) is 59.0 Å². The maximum absolute atomic E-state index is 13.3. The highest BCUT2D eigenvalue weighted by Gasteiger charge is 2.24. The van der Waals surface area contributed by atoms with Gasteiger partial charge in [0.1, 0.15) is 52.1 Å². The van der Waals surface area contributed by atoms with Gasteiger partial charge in [-0.1, -0.05) is 0 Å². The smallest absolute Gasteiger partial charge is 0.387 e. The van der Waals surface area contributed by atoms with Crippen LogP contribution in [0, 0.1) is 0 Å². The van der Waals surface area contributed by atoms with Crippen molar-refractivity contribution in [3.05, 3.63) is 133 Å². The Bertz CT molecular complexity index is 3490. The van der Waals surface area contributed by atoms with Gasteiger partial charge in [0.25, 0.3) is 11.8 Å². The van der Waals surface area contributed by atoms with Gasteiger partial charge in [0.2, 0.25) is 5.91 Å². The monoisotopic (exact) mass is 974 g/mol. The molecule has 10 rings (SSSR count). The number of carbonyl (C=O) groups excluding carboxylic acids is 3. The number of alkyl halides is 4. The highest BCUT2D eigenvalue weighted by Crippen LogP contribution is 2.40.